The maximum Gasteiger partial charge on any atom is 0.192 e. The first kappa shape index (κ1) is 10.5. The Kier molecular flexibility index (Phi) is 4.19. The van der Waals surface area contributed by atoms with Gasteiger partial charge in [-0.05, 0) is 12.8 Å². The van der Waals surface area contributed by atoms with E-state index in [0.29, 0.717) is 12.8 Å². The topological polar surface area (TPSA) is 17.1 Å². The van der Waals surface area contributed by atoms with Crippen LogP contribution in [0, 0.1) is 5.41 Å². The summed E-state index contributed by atoms with van der Waals surface area (Å²) in [6.07, 6.45) is 4.78. The van der Waals surface area contributed by atoms with Crippen molar-refractivity contribution in [3.8, 4) is 0 Å². The predicted octanol–water partition coefficient (Wildman–Crippen LogP) is 2.60. The van der Waals surface area contributed by atoms with Gasteiger partial charge >= 0.3 is 0 Å². The molecule has 0 atom stereocenters. The van der Waals surface area contributed by atoms with E-state index in [1.165, 1.54) is 0 Å². The molecule has 0 saturated heterocycles. The third kappa shape index (κ3) is 2.93. The van der Waals surface area contributed by atoms with Crippen LogP contribution in [-0.4, -0.2) is 5.12 Å². The first-order chi connectivity index (χ1) is 5.06. The van der Waals surface area contributed by atoms with E-state index in [-0.39, 0.29) is 5.12 Å². The Morgan fingerprint density at radius 3 is 2.00 bits per heavy atom. The van der Waals surface area contributed by atoms with Gasteiger partial charge in [0.25, 0.3) is 0 Å². The molecule has 62 valence electrons. The Morgan fingerprint density at radius 1 is 1.45 bits per heavy atom. The molecular formula is C9H14OS. The van der Waals surface area contributed by atoms with Crippen molar-refractivity contribution in [1.82, 2.24) is 0 Å². The average Bonchev–Trinajstić information content (AvgIpc) is 1.88. The molecule has 0 heterocycles. The van der Waals surface area contributed by atoms with Gasteiger partial charge in [0.05, 0.1) is 0 Å². The van der Waals surface area contributed by atoms with Gasteiger partial charge in [-0.25, -0.2) is 0 Å². The highest BCUT2D eigenvalue weighted by Gasteiger charge is 2.27. The number of allylic oxidation sites excluding steroid dienone is 2. The Bertz CT molecular complexity index is 162. The number of hydrogen-bond acceptors (Lipinski definition) is 1. The lowest BCUT2D eigenvalue weighted by molar-refractivity contribution is -0.118. The summed E-state index contributed by atoms with van der Waals surface area (Å²) in [5.74, 6) is 0. The number of thiol groups is 1. The Hall–Kier alpha value is -0.500. The smallest absolute Gasteiger partial charge is 0.192 e. The van der Waals surface area contributed by atoms with Gasteiger partial charge in [-0.1, -0.05) is 19.1 Å². The molecule has 0 aliphatic rings. The van der Waals surface area contributed by atoms with Crippen LogP contribution in [0.4, 0.5) is 0 Å². The number of carbonyl (C=O) groups is 1. The lowest BCUT2D eigenvalue weighted by atomic mass is 9.85. The second-order valence-electron chi connectivity index (χ2n) is 2.85. The largest absolute Gasteiger partial charge is 0.287 e. The molecule has 0 N–H and O–H groups in total. The zero-order valence-electron chi connectivity index (χ0n) is 6.84. The van der Waals surface area contributed by atoms with Gasteiger partial charge in [0, 0.05) is 5.41 Å². The zero-order valence-corrected chi connectivity index (χ0v) is 7.73. The first-order valence-electron chi connectivity index (χ1n) is 3.52. The van der Waals surface area contributed by atoms with E-state index in [1.54, 1.807) is 12.2 Å². The lowest BCUT2D eigenvalue weighted by Gasteiger charge is -2.22. The van der Waals surface area contributed by atoms with Crippen LogP contribution in [0.15, 0.2) is 25.3 Å². The van der Waals surface area contributed by atoms with Crippen LogP contribution in [-0.2, 0) is 4.79 Å². The van der Waals surface area contributed by atoms with Crippen LogP contribution in [0.25, 0.3) is 0 Å². The molecule has 0 amide bonds. The molecule has 0 aromatic rings. The molecule has 0 rings (SSSR count). The summed E-state index contributed by atoms with van der Waals surface area (Å²) >= 11 is 3.81. The molecular weight excluding hydrogens is 156 g/mol. The van der Waals surface area contributed by atoms with Gasteiger partial charge in [0.2, 0.25) is 0 Å². The van der Waals surface area contributed by atoms with E-state index in [0.717, 1.165) is 0 Å². The Labute approximate surface area is 73.6 Å². The molecule has 0 spiro atoms. The fourth-order valence-electron chi connectivity index (χ4n) is 0.895. The minimum atomic E-state index is -0.410. The third-order valence-corrected chi connectivity index (χ3v) is 2.25. The van der Waals surface area contributed by atoms with Crippen molar-refractivity contribution in [1.29, 1.82) is 0 Å². The van der Waals surface area contributed by atoms with Crippen molar-refractivity contribution in [2.75, 3.05) is 0 Å². The molecule has 0 fully saturated rings. The van der Waals surface area contributed by atoms with Crippen molar-refractivity contribution >= 4 is 17.7 Å². The van der Waals surface area contributed by atoms with Gasteiger partial charge in [0.1, 0.15) is 0 Å². The second-order valence-corrected chi connectivity index (χ2v) is 3.26. The van der Waals surface area contributed by atoms with Crippen LogP contribution in [0.3, 0.4) is 0 Å². The SMILES string of the molecule is C=CCC(C)(CC=C)C(=O)S. The summed E-state index contributed by atoms with van der Waals surface area (Å²) in [4.78, 5) is 11.0. The quantitative estimate of drug-likeness (QED) is 0.496. The van der Waals surface area contributed by atoms with E-state index in [2.05, 4.69) is 25.8 Å². The summed E-state index contributed by atoms with van der Waals surface area (Å²) in [5.41, 5.74) is -0.410. The summed E-state index contributed by atoms with van der Waals surface area (Å²) in [6.45, 7) is 9.05. The molecule has 0 radical (unpaired) electrons. The number of hydrogen-bond donors (Lipinski definition) is 1. The van der Waals surface area contributed by atoms with Crippen molar-refractivity contribution in [2.24, 2.45) is 5.41 Å². The van der Waals surface area contributed by atoms with E-state index in [1.807, 2.05) is 6.92 Å². The van der Waals surface area contributed by atoms with Crippen LogP contribution < -0.4 is 0 Å². The summed E-state index contributed by atoms with van der Waals surface area (Å²) in [6, 6.07) is 0. The standard InChI is InChI=1S/C9H14OS/c1-4-6-9(3,7-5-2)8(10)11/h4-5H,1-2,6-7H2,3H3,(H,10,11). The lowest BCUT2D eigenvalue weighted by Crippen LogP contribution is -2.22. The summed E-state index contributed by atoms with van der Waals surface area (Å²) in [5, 5.41) is -0.0997. The van der Waals surface area contributed by atoms with E-state index in [9.17, 15) is 4.79 Å². The van der Waals surface area contributed by atoms with Gasteiger partial charge < -0.3 is 0 Å². The Balaban J connectivity index is 4.35. The number of carbonyl (C=O) groups excluding carboxylic acids is 1. The fraction of sp³-hybridized carbons (Fsp3) is 0.444. The van der Waals surface area contributed by atoms with Crippen LogP contribution >= 0.6 is 12.6 Å². The molecule has 0 aromatic heterocycles. The monoisotopic (exact) mass is 170 g/mol. The van der Waals surface area contributed by atoms with Gasteiger partial charge in [0.15, 0.2) is 5.12 Å². The molecule has 0 aromatic carbocycles. The Morgan fingerprint density at radius 2 is 1.82 bits per heavy atom. The fourth-order valence-corrected chi connectivity index (χ4v) is 1.08. The van der Waals surface area contributed by atoms with Crippen molar-refractivity contribution in [3.63, 3.8) is 0 Å². The minimum Gasteiger partial charge on any atom is -0.287 e. The van der Waals surface area contributed by atoms with Crippen LogP contribution in [0.1, 0.15) is 19.8 Å². The van der Waals surface area contributed by atoms with E-state index < -0.39 is 5.41 Å². The molecule has 0 aliphatic carbocycles. The van der Waals surface area contributed by atoms with Gasteiger partial charge in [-0.15, -0.1) is 25.8 Å². The third-order valence-electron chi connectivity index (χ3n) is 1.71. The van der Waals surface area contributed by atoms with Crippen molar-refractivity contribution in [3.05, 3.63) is 25.3 Å². The number of rotatable bonds is 5. The average molecular weight is 170 g/mol. The second kappa shape index (κ2) is 4.39. The molecule has 0 unspecified atom stereocenters. The van der Waals surface area contributed by atoms with E-state index >= 15 is 0 Å². The van der Waals surface area contributed by atoms with Crippen molar-refractivity contribution < 1.29 is 4.79 Å². The van der Waals surface area contributed by atoms with Gasteiger partial charge in [-0.2, -0.15) is 0 Å². The first-order valence-corrected chi connectivity index (χ1v) is 3.97. The maximum atomic E-state index is 11.0. The molecule has 0 saturated carbocycles. The summed E-state index contributed by atoms with van der Waals surface area (Å²) in [7, 11) is 0. The minimum absolute atomic E-state index is 0.0997. The predicted molar refractivity (Wildman–Crippen MR) is 51.7 cm³/mol. The normalized spacial score (nSPS) is 10.7. The zero-order chi connectivity index (χ0) is 8.91. The highest BCUT2D eigenvalue weighted by molar-refractivity contribution is 7.96. The van der Waals surface area contributed by atoms with Crippen LogP contribution in [0.5, 0.6) is 0 Å². The molecule has 1 nitrogen and oxygen atoms in total. The van der Waals surface area contributed by atoms with E-state index in [4.69, 9.17) is 0 Å². The highest BCUT2D eigenvalue weighted by atomic mass is 32.1. The highest BCUT2D eigenvalue weighted by Crippen LogP contribution is 2.29. The molecule has 0 bridgehead atoms. The van der Waals surface area contributed by atoms with Crippen LogP contribution in [0.2, 0.25) is 0 Å². The van der Waals surface area contributed by atoms with Gasteiger partial charge in [-0.3, -0.25) is 4.79 Å². The molecule has 11 heavy (non-hydrogen) atoms. The maximum absolute atomic E-state index is 11.0. The summed E-state index contributed by atoms with van der Waals surface area (Å²) < 4.78 is 0. The molecule has 2 heteroatoms. The molecule has 0 aliphatic heterocycles. The van der Waals surface area contributed by atoms with Crippen molar-refractivity contribution in [2.45, 2.75) is 19.8 Å².